The Hall–Kier alpha value is -7.39. The summed E-state index contributed by atoms with van der Waals surface area (Å²) in [6.45, 7) is 0. The fraction of sp³-hybridized carbons (Fsp3) is 0.0189. The normalized spacial score (nSPS) is 12.9. The van der Waals surface area contributed by atoms with E-state index in [1.54, 1.807) is 11.8 Å². The Morgan fingerprint density at radius 2 is 0.828 bits per heavy atom. The molecule has 0 radical (unpaired) electrons. The van der Waals surface area contributed by atoms with Crippen molar-refractivity contribution in [1.29, 1.82) is 5.26 Å². The van der Waals surface area contributed by atoms with Gasteiger partial charge in [-0.3, -0.25) is 0 Å². The van der Waals surface area contributed by atoms with Crippen molar-refractivity contribution in [3.63, 3.8) is 0 Å². The number of benzene rings is 8. The summed E-state index contributed by atoms with van der Waals surface area (Å²) in [5.41, 5.74) is 14.3. The van der Waals surface area contributed by atoms with Crippen LogP contribution >= 0.6 is 11.8 Å². The van der Waals surface area contributed by atoms with Crippen LogP contribution in [0.3, 0.4) is 0 Å². The molecule has 0 unspecified atom stereocenters. The monoisotopic (exact) mass is 756 g/mol. The lowest BCUT2D eigenvalue weighted by molar-refractivity contribution is 0.723. The van der Waals surface area contributed by atoms with E-state index in [4.69, 9.17) is 15.0 Å². The second kappa shape index (κ2) is 13.7. The summed E-state index contributed by atoms with van der Waals surface area (Å²) in [7, 11) is 0. The van der Waals surface area contributed by atoms with Gasteiger partial charge in [0.2, 0.25) is 0 Å². The topological polar surface area (TPSA) is 62.5 Å². The number of fused-ring (bicyclic) bond motifs is 9. The molecular formula is C53H32N4S. The van der Waals surface area contributed by atoms with Gasteiger partial charge >= 0.3 is 0 Å². The molecule has 0 amide bonds. The van der Waals surface area contributed by atoms with E-state index in [1.165, 1.54) is 43.2 Å². The van der Waals surface area contributed by atoms with Crippen LogP contribution in [0, 0.1) is 11.3 Å². The summed E-state index contributed by atoms with van der Waals surface area (Å²) in [5, 5.41) is 10.1. The summed E-state index contributed by atoms with van der Waals surface area (Å²) in [6.07, 6.45) is 0. The number of hydrogen-bond donors (Lipinski definition) is 0. The summed E-state index contributed by atoms with van der Waals surface area (Å²) >= 11 is 1.79. The van der Waals surface area contributed by atoms with Crippen LogP contribution < -0.4 is 0 Å². The lowest BCUT2D eigenvalue weighted by Gasteiger charge is -2.40. The third-order valence-corrected chi connectivity index (χ3v) is 12.6. The molecule has 0 atom stereocenters. The average Bonchev–Trinajstić information content (AvgIpc) is 3.60. The van der Waals surface area contributed by atoms with Crippen LogP contribution in [0.1, 0.15) is 27.8 Å². The Labute approximate surface area is 341 Å². The molecule has 9 aromatic rings. The van der Waals surface area contributed by atoms with Gasteiger partial charge in [-0.2, -0.15) is 5.26 Å². The highest BCUT2D eigenvalue weighted by atomic mass is 32.2. The molecule has 4 nitrogen and oxygen atoms in total. The van der Waals surface area contributed by atoms with Gasteiger partial charge in [-0.1, -0.05) is 169 Å². The molecule has 0 bridgehead atoms. The highest BCUT2D eigenvalue weighted by molar-refractivity contribution is 7.99. The van der Waals surface area contributed by atoms with E-state index in [-0.39, 0.29) is 0 Å². The van der Waals surface area contributed by atoms with Crippen LogP contribution in [0.2, 0.25) is 0 Å². The van der Waals surface area contributed by atoms with Crippen LogP contribution in [0.4, 0.5) is 0 Å². The molecule has 0 N–H and O–H groups in total. The van der Waals surface area contributed by atoms with Gasteiger partial charge in [0.05, 0.1) is 17.0 Å². The van der Waals surface area contributed by atoms with Gasteiger partial charge in [-0.15, -0.1) is 0 Å². The summed E-state index contributed by atoms with van der Waals surface area (Å²) in [4.78, 5) is 17.9. The van der Waals surface area contributed by atoms with Gasteiger partial charge < -0.3 is 0 Å². The number of nitrogens with zero attached hydrogens (tertiary/aromatic N) is 4. The minimum Gasteiger partial charge on any atom is -0.208 e. The number of aromatic nitrogens is 3. The lowest BCUT2D eigenvalue weighted by Crippen LogP contribution is -2.32. The lowest BCUT2D eigenvalue weighted by atomic mass is 9.66. The van der Waals surface area contributed by atoms with Gasteiger partial charge in [0, 0.05) is 26.5 Å². The molecule has 0 saturated heterocycles. The Morgan fingerprint density at radius 1 is 0.362 bits per heavy atom. The Bertz CT molecular complexity index is 3070. The zero-order valence-corrected chi connectivity index (χ0v) is 32.0. The largest absolute Gasteiger partial charge is 0.208 e. The maximum atomic E-state index is 10.1. The smallest absolute Gasteiger partial charge is 0.164 e. The molecule has 8 aromatic carbocycles. The summed E-state index contributed by atoms with van der Waals surface area (Å²) in [5.74, 6) is 1.85. The van der Waals surface area contributed by atoms with Crippen molar-refractivity contribution in [3.8, 4) is 73.6 Å². The second-order valence-corrected chi connectivity index (χ2v) is 15.7. The fourth-order valence-corrected chi connectivity index (χ4v) is 10.0. The van der Waals surface area contributed by atoms with Gasteiger partial charge in [0.1, 0.15) is 0 Å². The molecule has 1 spiro atoms. The first kappa shape index (κ1) is 33.9. The van der Waals surface area contributed by atoms with E-state index >= 15 is 0 Å². The molecule has 1 aliphatic heterocycles. The van der Waals surface area contributed by atoms with Crippen molar-refractivity contribution in [2.24, 2.45) is 0 Å². The SMILES string of the molecule is N#Cc1ccccc1-c1ccc2c(c1)C1(c3cc(-c4nc(-c5ccccc5)nc(-c5cccc(-c6ccccc6)c5)n4)ccc3S2)c2ccccc2-c2ccccc21. The molecule has 0 fully saturated rings. The van der Waals surface area contributed by atoms with Crippen molar-refractivity contribution >= 4 is 11.8 Å². The standard InChI is InChI=1S/C53H32N4S/c54-33-40-18-7-8-21-41(40)37-26-28-48-46(31-37)53(44-24-11-9-22-42(44)43-23-10-12-25-45(43)53)47-32-39(27-29-49(47)58-48)52-56-50(35-16-5-2-6-17-35)55-51(57-52)38-20-13-19-36(30-38)34-14-3-1-4-15-34/h1-32H. The fourth-order valence-electron chi connectivity index (χ4n) is 8.86. The van der Waals surface area contributed by atoms with E-state index in [9.17, 15) is 5.26 Å². The maximum absolute atomic E-state index is 10.1. The first-order valence-corrected chi connectivity index (χ1v) is 20.1. The van der Waals surface area contributed by atoms with Crippen LogP contribution in [-0.4, -0.2) is 15.0 Å². The minimum absolute atomic E-state index is 0.610. The Balaban J connectivity index is 1.16. The molecule has 58 heavy (non-hydrogen) atoms. The highest BCUT2D eigenvalue weighted by Crippen LogP contribution is 2.62. The van der Waals surface area contributed by atoms with Crippen LogP contribution in [0.5, 0.6) is 0 Å². The van der Waals surface area contributed by atoms with Crippen LogP contribution in [0.15, 0.2) is 204 Å². The molecule has 270 valence electrons. The van der Waals surface area contributed by atoms with Crippen molar-refractivity contribution in [3.05, 3.63) is 222 Å². The van der Waals surface area contributed by atoms with E-state index in [1.807, 2.05) is 60.7 Å². The highest BCUT2D eigenvalue weighted by Gasteiger charge is 2.50. The first-order valence-electron chi connectivity index (χ1n) is 19.3. The third-order valence-electron chi connectivity index (χ3n) is 11.5. The van der Waals surface area contributed by atoms with Crippen molar-refractivity contribution < 1.29 is 0 Å². The predicted molar refractivity (Wildman–Crippen MR) is 233 cm³/mol. The maximum Gasteiger partial charge on any atom is 0.164 e. The molecule has 2 heterocycles. The number of hydrogen-bond acceptors (Lipinski definition) is 5. The van der Waals surface area contributed by atoms with Crippen molar-refractivity contribution in [2.75, 3.05) is 0 Å². The van der Waals surface area contributed by atoms with Crippen LogP contribution in [0.25, 0.3) is 67.5 Å². The average molecular weight is 757 g/mol. The minimum atomic E-state index is -0.640. The number of nitriles is 1. The summed E-state index contributed by atoms with van der Waals surface area (Å²) in [6, 6.07) is 70.3. The van der Waals surface area contributed by atoms with Crippen molar-refractivity contribution in [1.82, 2.24) is 15.0 Å². The molecule has 0 saturated carbocycles. The van der Waals surface area contributed by atoms with Crippen LogP contribution in [-0.2, 0) is 5.41 Å². The van der Waals surface area contributed by atoms with Crippen molar-refractivity contribution in [2.45, 2.75) is 15.2 Å². The summed E-state index contributed by atoms with van der Waals surface area (Å²) < 4.78 is 0. The Morgan fingerprint density at radius 3 is 1.47 bits per heavy atom. The van der Waals surface area contributed by atoms with Gasteiger partial charge in [-0.25, -0.2) is 15.0 Å². The predicted octanol–water partition coefficient (Wildman–Crippen LogP) is 12.9. The van der Waals surface area contributed by atoms with Gasteiger partial charge in [0.25, 0.3) is 0 Å². The van der Waals surface area contributed by atoms with E-state index in [0.717, 1.165) is 38.9 Å². The van der Waals surface area contributed by atoms with Gasteiger partial charge in [-0.05, 0) is 92.0 Å². The second-order valence-electron chi connectivity index (χ2n) is 14.6. The first-order chi connectivity index (χ1) is 28.7. The zero-order valence-electron chi connectivity index (χ0n) is 31.2. The molecule has 2 aliphatic rings. The van der Waals surface area contributed by atoms with E-state index in [2.05, 4.69) is 140 Å². The zero-order chi connectivity index (χ0) is 38.6. The number of rotatable bonds is 5. The molecule has 11 rings (SSSR count). The Kier molecular flexibility index (Phi) is 7.99. The van der Waals surface area contributed by atoms with E-state index < -0.39 is 5.41 Å². The quantitative estimate of drug-likeness (QED) is 0.175. The third kappa shape index (κ3) is 5.34. The van der Waals surface area contributed by atoms with Gasteiger partial charge in [0.15, 0.2) is 17.5 Å². The molecular weight excluding hydrogens is 725 g/mol. The molecule has 1 aromatic heterocycles. The molecule has 5 heteroatoms. The van der Waals surface area contributed by atoms with E-state index in [0.29, 0.717) is 23.0 Å². The molecule has 1 aliphatic carbocycles.